The van der Waals surface area contributed by atoms with Gasteiger partial charge in [0.15, 0.2) is 6.54 Å². The number of carbonyl (C=O) groups is 2. The zero-order valence-electron chi connectivity index (χ0n) is 8.63. The molecule has 1 atom stereocenters. The Labute approximate surface area is 89.5 Å². The lowest BCUT2D eigenvalue weighted by Crippen LogP contribution is -3.00. The molecule has 0 fully saturated rings. The number of carboxylic acids is 1. The molecule has 0 bridgehead atoms. The SMILES string of the molecule is CC(C)(C)[C@H](NC(=O)C[NH3+])C(=O)O.[Cl-]. The van der Waals surface area contributed by atoms with Gasteiger partial charge in [-0.3, -0.25) is 4.79 Å². The molecule has 0 aromatic carbocycles. The molecule has 0 rings (SSSR count). The number of quaternary nitrogens is 1. The van der Waals surface area contributed by atoms with Crippen molar-refractivity contribution >= 4 is 11.9 Å². The smallest absolute Gasteiger partial charge is 0.326 e. The second kappa shape index (κ2) is 5.82. The van der Waals surface area contributed by atoms with E-state index in [0.717, 1.165) is 0 Å². The Kier molecular flexibility index (Phi) is 6.51. The minimum Gasteiger partial charge on any atom is -1.00 e. The molecule has 0 aliphatic heterocycles. The first-order valence-corrected chi connectivity index (χ1v) is 4.10. The van der Waals surface area contributed by atoms with Gasteiger partial charge >= 0.3 is 5.97 Å². The first kappa shape index (κ1) is 15.7. The second-order valence-electron chi connectivity index (χ2n) is 3.95. The van der Waals surface area contributed by atoms with Crippen molar-refractivity contribution < 1.29 is 32.8 Å². The van der Waals surface area contributed by atoms with E-state index in [1.807, 2.05) is 0 Å². The number of aliphatic carboxylic acids is 1. The van der Waals surface area contributed by atoms with E-state index in [1.54, 1.807) is 20.8 Å². The van der Waals surface area contributed by atoms with Crippen LogP contribution in [0.25, 0.3) is 0 Å². The molecule has 1 amide bonds. The van der Waals surface area contributed by atoms with Crippen LogP contribution >= 0.6 is 0 Å². The minimum atomic E-state index is -1.02. The van der Waals surface area contributed by atoms with E-state index in [-0.39, 0.29) is 24.9 Å². The summed E-state index contributed by atoms with van der Waals surface area (Å²) in [5, 5.41) is 11.2. The second-order valence-corrected chi connectivity index (χ2v) is 3.95. The first-order chi connectivity index (χ1) is 5.79. The normalized spacial score (nSPS) is 12.6. The average molecular weight is 225 g/mol. The van der Waals surface area contributed by atoms with Crippen LogP contribution in [0.15, 0.2) is 0 Å². The fourth-order valence-corrected chi connectivity index (χ4v) is 0.882. The summed E-state index contributed by atoms with van der Waals surface area (Å²) in [6.45, 7) is 5.33. The van der Waals surface area contributed by atoms with E-state index in [4.69, 9.17) is 5.11 Å². The van der Waals surface area contributed by atoms with Gasteiger partial charge in [-0.2, -0.15) is 0 Å². The largest absolute Gasteiger partial charge is 1.00 e. The summed E-state index contributed by atoms with van der Waals surface area (Å²) in [6.07, 6.45) is 0. The van der Waals surface area contributed by atoms with Crippen molar-refractivity contribution in [1.29, 1.82) is 0 Å². The maximum Gasteiger partial charge on any atom is 0.326 e. The molecule has 0 radical (unpaired) electrons. The molecule has 0 heterocycles. The van der Waals surface area contributed by atoms with Gasteiger partial charge in [0.05, 0.1) is 0 Å². The fourth-order valence-electron chi connectivity index (χ4n) is 0.882. The fraction of sp³-hybridized carbons (Fsp3) is 0.750. The Balaban J connectivity index is 0. The maximum atomic E-state index is 10.9. The number of halogens is 1. The molecule has 0 aromatic heterocycles. The monoisotopic (exact) mass is 224 g/mol. The Hall–Kier alpha value is -0.810. The molecule has 0 spiro atoms. The summed E-state index contributed by atoms with van der Waals surface area (Å²) in [7, 11) is 0. The van der Waals surface area contributed by atoms with Crippen molar-refractivity contribution in [3.05, 3.63) is 0 Å². The summed E-state index contributed by atoms with van der Waals surface area (Å²) < 4.78 is 0. The van der Waals surface area contributed by atoms with Gasteiger partial charge in [-0.1, -0.05) is 20.8 Å². The van der Waals surface area contributed by atoms with Gasteiger partial charge in [-0.25, -0.2) is 4.79 Å². The van der Waals surface area contributed by atoms with Gasteiger partial charge in [-0.05, 0) is 5.41 Å². The summed E-state index contributed by atoms with van der Waals surface area (Å²) in [6, 6.07) is -0.859. The van der Waals surface area contributed by atoms with Crippen LogP contribution in [0.5, 0.6) is 0 Å². The number of hydrogen-bond donors (Lipinski definition) is 3. The van der Waals surface area contributed by atoms with E-state index >= 15 is 0 Å². The van der Waals surface area contributed by atoms with Crippen LogP contribution in [0.1, 0.15) is 20.8 Å². The molecular weight excluding hydrogens is 208 g/mol. The van der Waals surface area contributed by atoms with Gasteiger partial charge in [-0.15, -0.1) is 0 Å². The number of amides is 1. The van der Waals surface area contributed by atoms with Crippen molar-refractivity contribution in [3.63, 3.8) is 0 Å². The molecule has 0 aliphatic carbocycles. The van der Waals surface area contributed by atoms with Gasteiger partial charge in [0.25, 0.3) is 5.91 Å². The maximum absolute atomic E-state index is 10.9. The highest BCUT2D eigenvalue weighted by Gasteiger charge is 2.32. The van der Waals surface area contributed by atoms with Crippen LogP contribution in [0.4, 0.5) is 0 Å². The lowest BCUT2D eigenvalue weighted by molar-refractivity contribution is -0.355. The summed E-state index contributed by atoms with van der Waals surface area (Å²) >= 11 is 0. The van der Waals surface area contributed by atoms with Crippen molar-refractivity contribution in [2.45, 2.75) is 26.8 Å². The summed E-state index contributed by atoms with van der Waals surface area (Å²) in [5.74, 6) is -1.36. The third-order valence-electron chi connectivity index (χ3n) is 1.65. The Morgan fingerprint density at radius 3 is 2.07 bits per heavy atom. The third kappa shape index (κ3) is 5.04. The topological polar surface area (TPSA) is 94.0 Å². The first-order valence-electron chi connectivity index (χ1n) is 4.10. The van der Waals surface area contributed by atoms with Gasteiger partial charge < -0.3 is 28.6 Å². The number of carboxylic acid groups (broad SMARTS) is 1. The Morgan fingerprint density at radius 1 is 1.43 bits per heavy atom. The van der Waals surface area contributed by atoms with E-state index in [2.05, 4.69) is 11.1 Å². The van der Waals surface area contributed by atoms with Crippen molar-refractivity contribution in [2.24, 2.45) is 5.41 Å². The molecule has 0 saturated carbocycles. The van der Waals surface area contributed by atoms with Gasteiger partial charge in [0.2, 0.25) is 0 Å². The Morgan fingerprint density at radius 2 is 1.86 bits per heavy atom. The van der Waals surface area contributed by atoms with E-state index in [9.17, 15) is 9.59 Å². The van der Waals surface area contributed by atoms with E-state index in [1.165, 1.54) is 0 Å². The predicted octanol–water partition coefficient (Wildman–Crippen LogP) is -4.15. The standard InChI is InChI=1S/C8H16N2O3.ClH/c1-8(2,3)6(7(12)13)10-5(11)4-9;/h6H,4,9H2,1-3H3,(H,10,11)(H,12,13);1H/t6-;/m1./s1. The molecule has 0 unspecified atom stereocenters. The van der Waals surface area contributed by atoms with E-state index < -0.39 is 17.4 Å². The van der Waals surface area contributed by atoms with Gasteiger partial charge in [0.1, 0.15) is 6.04 Å². The van der Waals surface area contributed by atoms with Gasteiger partial charge in [0, 0.05) is 0 Å². The number of hydrogen-bond acceptors (Lipinski definition) is 2. The molecule has 0 aliphatic rings. The molecule has 0 aromatic rings. The lowest BCUT2D eigenvalue weighted by Gasteiger charge is -2.27. The van der Waals surface area contributed by atoms with Crippen LogP contribution in [0.3, 0.4) is 0 Å². The molecule has 5 N–H and O–H groups in total. The predicted molar refractivity (Wildman–Crippen MR) is 46.8 cm³/mol. The van der Waals surface area contributed by atoms with E-state index in [0.29, 0.717) is 0 Å². The molecule has 0 saturated heterocycles. The minimum absolute atomic E-state index is 0. The number of nitrogens with one attached hydrogen (secondary N) is 1. The molecule has 84 valence electrons. The third-order valence-corrected chi connectivity index (χ3v) is 1.65. The average Bonchev–Trinajstić information content (AvgIpc) is 1.96. The highest BCUT2D eigenvalue weighted by molar-refractivity contribution is 5.84. The highest BCUT2D eigenvalue weighted by Crippen LogP contribution is 2.19. The van der Waals surface area contributed by atoms with Crippen molar-refractivity contribution in [1.82, 2.24) is 5.32 Å². The van der Waals surface area contributed by atoms with Crippen LogP contribution < -0.4 is 23.5 Å². The number of rotatable bonds is 3. The zero-order chi connectivity index (χ0) is 10.6. The summed E-state index contributed by atoms with van der Waals surface area (Å²) in [4.78, 5) is 21.7. The van der Waals surface area contributed by atoms with Crippen LogP contribution in [-0.2, 0) is 9.59 Å². The van der Waals surface area contributed by atoms with Crippen molar-refractivity contribution in [2.75, 3.05) is 6.54 Å². The Bertz CT molecular complexity index is 213. The molecule has 6 heteroatoms. The van der Waals surface area contributed by atoms with Crippen LogP contribution in [-0.4, -0.2) is 29.6 Å². The van der Waals surface area contributed by atoms with Crippen LogP contribution in [0.2, 0.25) is 0 Å². The molecule has 14 heavy (non-hydrogen) atoms. The lowest BCUT2D eigenvalue weighted by atomic mass is 9.87. The molecule has 5 nitrogen and oxygen atoms in total. The molecular formula is C8H17ClN2O3. The number of carbonyl (C=O) groups excluding carboxylic acids is 1. The summed E-state index contributed by atoms with van der Waals surface area (Å²) in [5.41, 5.74) is 2.89. The zero-order valence-corrected chi connectivity index (χ0v) is 9.39. The van der Waals surface area contributed by atoms with Crippen molar-refractivity contribution in [3.8, 4) is 0 Å². The highest BCUT2D eigenvalue weighted by atomic mass is 35.5. The van der Waals surface area contributed by atoms with Crippen LogP contribution in [0, 0.1) is 5.41 Å². The quantitative estimate of drug-likeness (QED) is 0.454.